The van der Waals surface area contributed by atoms with Gasteiger partial charge in [0.2, 0.25) is 5.91 Å². The van der Waals surface area contributed by atoms with Crippen LogP contribution in [0.4, 0.5) is 5.69 Å². The van der Waals surface area contributed by atoms with Crippen LogP contribution < -0.4 is 10.9 Å². The SMILES string of the molecule is Cc1ccc(-c2ccc(=O)n(CC(=O)Nc3c(C)cccc3C)n2)cc1. The van der Waals surface area contributed by atoms with Crippen molar-refractivity contribution < 1.29 is 4.79 Å². The summed E-state index contributed by atoms with van der Waals surface area (Å²) in [6, 6.07) is 16.8. The molecule has 0 saturated heterocycles. The topological polar surface area (TPSA) is 64.0 Å². The Morgan fingerprint density at radius 2 is 1.62 bits per heavy atom. The maximum atomic E-state index is 12.4. The van der Waals surface area contributed by atoms with E-state index in [4.69, 9.17) is 0 Å². The Morgan fingerprint density at radius 3 is 2.27 bits per heavy atom. The standard InChI is InChI=1S/C21H21N3O2/c1-14-7-9-17(10-8-14)18-11-12-20(26)24(23-18)13-19(25)22-21-15(2)5-4-6-16(21)3/h4-12H,13H2,1-3H3,(H,22,25). The van der Waals surface area contributed by atoms with Crippen molar-refractivity contribution in [2.75, 3.05) is 5.32 Å². The number of carbonyl (C=O) groups is 1. The van der Waals surface area contributed by atoms with Crippen LogP contribution in [0, 0.1) is 20.8 Å². The number of benzene rings is 2. The lowest BCUT2D eigenvalue weighted by Gasteiger charge is -2.12. The van der Waals surface area contributed by atoms with Crippen molar-refractivity contribution >= 4 is 11.6 Å². The van der Waals surface area contributed by atoms with Gasteiger partial charge < -0.3 is 5.32 Å². The molecule has 5 nitrogen and oxygen atoms in total. The first-order valence-electron chi connectivity index (χ1n) is 8.45. The number of nitrogens with zero attached hydrogens (tertiary/aromatic N) is 2. The van der Waals surface area contributed by atoms with Gasteiger partial charge in [-0.05, 0) is 38.0 Å². The summed E-state index contributed by atoms with van der Waals surface area (Å²) in [7, 11) is 0. The maximum Gasteiger partial charge on any atom is 0.267 e. The van der Waals surface area contributed by atoms with Gasteiger partial charge in [0.1, 0.15) is 6.54 Å². The van der Waals surface area contributed by atoms with E-state index in [2.05, 4.69) is 10.4 Å². The van der Waals surface area contributed by atoms with E-state index in [0.29, 0.717) is 5.69 Å². The minimum Gasteiger partial charge on any atom is -0.324 e. The fourth-order valence-corrected chi connectivity index (χ4v) is 2.77. The van der Waals surface area contributed by atoms with Gasteiger partial charge in [-0.2, -0.15) is 5.10 Å². The van der Waals surface area contributed by atoms with Gasteiger partial charge in [-0.15, -0.1) is 0 Å². The summed E-state index contributed by atoms with van der Waals surface area (Å²) < 4.78 is 1.19. The van der Waals surface area contributed by atoms with Gasteiger partial charge in [-0.3, -0.25) is 9.59 Å². The molecule has 0 aliphatic carbocycles. The van der Waals surface area contributed by atoms with Gasteiger partial charge >= 0.3 is 0 Å². The molecule has 0 radical (unpaired) electrons. The summed E-state index contributed by atoms with van der Waals surface area (Å²) in [6.45, 7) is 5.75. The van der Waals surface area contributed by atoms with Crippen LogP contribution >= 0.6 is 0 Å². The number of hydrogen-bond donors (Lipinski definition) is 1. The van der Waals surface area contributed by atoms with E-state index in [9.17, 15) is 9.59 Å². The summed E-state index contributed by atoms with van der Waals surface area (Å²) >= 11 is 0. The highest BCUT2D eigenvalue weighted by Crippen LogP contribution is 2.19. The molecule has 3 aromatic rings. The Kier molecular flexibility index (Phi) is 4.98. The molecule has 0 atom stereocenters. The molecule has 0 saturated carbocycles. The Labute approximate surface area is 152 Å². The fraction of sp³-hybridized carbons (Fsp3) is 0.190. The zero-order chi connectivity index (χ0) is 18.7. The van der Waals surface area contributed by atoms with E-state index >= 15 is 0 Å². The third-order valence-electron chi connectivity index (χ3n) is 4.25. The summed E-state index contributed by atoms with van der Waals surface area (Å²) in [6.07, 6.45) is 0. The first-order valence-corrected chi connectivity index (χ1v) is 8.45. The molecule has 1 amide bonds. The average molecular weight is 347 g/mol. The number of hydrogen-bond acceptors (Lipinski definition) is 3. The van der Waals surface area contributed by atoms with Gasteiger partial charge in [0.15, 0.2) is 0 Å². The number of para-hydroxylation sites is 1. The predicted molar refractivity (Wildman–Crippen MR) is 103 cm³/mol. The molecule has 0 aliphatic rings. The minimum atomic E-state index is -0.308. The van der Waals surface area contributed by atoms with Crippen LogP contribution in [-0.2, 0) is 11.3 Å². The Hall–Kier alpha value is -3.21. The number of carbonyl (C=O) groups excluding carboxylic acids is 1. The largest absolute Gasteiger partial charge is 0.324 e. The van der Waals surface area contributed by atoms with Crippen molar-refractivity contribution in [3.05, 3.63) is 81.6 Å². The molecule has 0 fully saturated rings. The molecule has 132 valence electrons. The zero-order valence-electron chi connectivity index (χ0n) is 15.1. The van der Waals surface area contributed by atoms with Crippen molar-refractivity contribution in [1.29, 1.82) is 0 Å². The number of aryl methyl sites for hydroxylation is 3. The van der Waals surface area contributed by atoms with Crippen LogP contribution in [0.3, 0.4) is 0 Å². The van der Waals surface area contributed by atoms with Gasteiger partial charge in [-0.25, -0.2) is 4.68 Å². The van der Waals surface area contributed by atoms with Gasteiger partial charge in [0, 0.05) is 17.3 Å². The van der Waals surface area contributed by atoms with E-state index in [1.807, 2.05) is 63.2 Å². The highest BCUT2D eigenvalue weighted by molar-refractivity contribution is 5.92. The molecule has 0 aliphatic heterocycles. The van der Waals surface area contributed by atoms with Crippen LogP contribution in [-0.4, -0.2) is 15.7 Å². The molecule has 1 aromatic heterocycles. The molecule has 0 spiro atoms. The first kappa shape index (κ1) is 17.6. The minimum absolute atomic E-state index is 0.133. The highest BCUT2D eigenvalue weighted by atomic mass is 16.2. The smallest absolute Gasteiger partial charge is 0.267 e. The molecule has 1 heterocycles. The maximum absolute atomic E-state index is 12.4. The number of aromatic nitrogens is 2. The fourth-order valence-electron chi connectivity index (χ4n) is 2.77. The molecule has 3 rings (SSSR count). The normalized spacial score (nSPS) is 10.6. The predicted octanol–water partition coefficient (Wildman–Crippen LogP) is 3.47. The lowest BCUT2D eigenvalue weighted by molar-refractivity contribution is -0.117. The third-order valence-corrected chi connectivity index (χ3v) is 4.25. The molecule has 0 unspecified atom stereocenters. The number of rotatable bonds is 4. The Bertz CT molecular complexity index is 984. The molecule has 2 aromatic carbocycles. The van der Waals surface area contributed by atoms with Crippen molar-refractivity contribution in [2.45, 2.75) is 27.3 Å². The van der Waals surface area contributed by atoms with E-state index in [-0.39, 0.29) is 18.0 Å². The molecular weight excluding hydrogens is 326 g/mol. The summed E-state index contributed by atoms with van der Waals surface area (Å²) in [4.78, 5) is 24.5. The van der Waals surface area contributed by atoms with Gasteiger partial charge in [0.25, 0.3) is 5.56 Å². The second-order valence-corrected chi connectivity index (χ2v) is 6.40. The average Bonchev–Trinajstić information content (AvgIpc) is 2.61. The van der Waals surface area contributed by atoms with E-state index in [0.717, 1.165) is 27.9 Å². The molecular formula is C21H21N3O2. The number of nitrogens with one attached hydrogen (secondary N) is 1. The third kappa shape index (κ3) is 3.88. The lowest BCUT2D eigenvalue weighted by atomic mass is 10.1. The van der Waals surface area contributed by atoms with E-state index in [1.54, 1.807) is 6.07 Å². The molecule has 0 bridgehead atoms. The van der Waals surface area contributed by atoms with Gasteiger partial charge in [0.05, 0.1) is 5.69 Å². The van der Waals surface area contributed by atoms with Crippen molar-refractivity contribution in [1.82, 2.24) is 9.78 Å². The summed E-state index contributed by atoms with van der Waals surface area (Å²) in [5.41, 5.74) is 5.14. The monoisotopic (exact) mass is 347 g/mol. The van der Waals surface area contributed by atoms with Crippen molar-refractivity contribution in [3.63, 3.8) is 0 Å². The van der Waals surface area contributed by atoms with Crippen LogP contribution in [0.25, 0.3) is 11.3 Å². The number of amides is 1. The Morgan fingerprint density at radius 1 is 0.962 bits per heavy atom. The second-order valence-electron chi connectivity index (χ2n) is 6.40. The van der Waals surface area contributed by atoms with E-state index in [1.165, 1.54) is 10.7 Å². The van der Waals surface area contributed by atoms with Crippen LogP contribution in [0.1, 0.15) is 16.7 Å². The number of anilines is 1. The van der Waals surface area contributed by atoms with Gasteiger partial charge in [-0.1, -0.05) is 48.0 Å². The summed E-state index contributed by atoms with van der Waals surface area (Å²) in [5.74, 6) is -0.280. The van der Waals surface area contributed by atoms with Crippen molar-refractivity contribution in [3.8, 4) is 11.3 Å². The molecule has 26 heavy (non-hydrogen) atoms. The first-order chi connectivity index (χ1) is 12.4. The Balaban J connectivity index is 1.83. The quantitative estimate of drug-likeness (QED) is 0.786. The van der Waals surface area contributed by atoms with Crippen LogP contribution in [0.15, 0.2) is 59.4 Å². The molecule has 5 heteroatoms. The second kappa shape index (κ2) is 7.35. The lowest BCUT2D eigenvalue weighted by Crippen LogP contribution is -2.29. The van der Waals surface area contributed by atoms with Crippen molar-refractivity contribution in [2.24, 2.45) is 0 Å². The van der Waals surface area contributed by atoms with Crippen LogP contribution in [0.5, 0.6) is 0 Å². The summed E-state index contributed by atoms with van der Waals surface area (Å²) in [5, 5.41) is 7.22. The van der Waals surface area contributed by atoms with Crippen LogP contribution in [0.2, 0.25) is 0 Å². The van der Waals surface area contributed by atoms with E-state index < -0.39 is 0 Å². The zero-order valence-corrected chi connectivity index (χ0v) is 15.1. The highest BCUT2D eigenvalue weighted by Gasteiger charge is 2.11. The molecule has 1 N–H and O–H groups in total.